The maximum absolute atomic E-state index is 12.5. The third-order valence-electron chi connectivity index (χ3n) is 4.97. The highest BCUT2D eigenvalue weighted by Gasteiger charge is 2.40. The Hall–Kier alpha value is -2.44. The molecule has 6 heteroatoms. The van der Waals surface area contributed by atoms with E-state index in [0.29, 0.717) is 25.3 Å². The molecule has 1 N–H and O–H groups in total. The third kappa shape index (κ3) is 3.71. The van der Waals surface area contributed by atoms with Gasteiger partial charge in [-0.3, -0.25) is 4.79 Å². The molecule has 3 heterocycles. The first kappa shape index (κ1) is 17.0. The summed E-state index contributed by atoms with van der Waals surface area (Å²) < 4.78 is 11.5. The van der Waals surface area contributed by atoms with Gasteiger partial charge in [-0.15, -0.1) is 0 Å². The number of nitrogens with zero attached hydrogens (tertiary/aromatic N) is 2. The van der Waals surface area contributed by atoms with Crippen LogP contribution in [-0.4, -0.2) is 43.0 Å². The summed E-state index contributed by atoms with van der Waals surface area (Å²) in [6, 6.07) is 13.5. The van der Waals surface area contributed by atoms with E-state index >= 15 is 0 Å². The molecule has 6 nitrogen and oxygen atoms in total. The number of piperidine rings is 1. The van der Waals surface area contributed by atoms with Gasteiger partial charge in [0.15, 0.2) is 5.79 Å². The van der Waals surface area contributed by atoms with Crippen molar-refractivity contribution in [2.75, 3.05) is 31.2 Å². The number of ether oxygens (including phenoxy) is 2. The standard InChI is InChI=1S/C20H23N3O3/c24-19(22-15-16-4-2-1-3-5-16)17-6-9-21-18(14-17)23-10-7-20(8-11-23)25-12-13-26-20/h1-6,9,14H,7-8,10-13,15H2,(H,22,24). The number of rotatable bonds is 4. The van der Waals surface area contributed by atoms with E-state index in [2.05, 4.69) is 15.2 Å². The number of nitrogens with one attached hydrogen (secondary N) is 1. The van der Waals surface area contributed by atoms with Crippen LogP contribution in [-0.2, 0) is 16.0 Å². The molecule has 2 aliphatic heterocycles. The first-order valence-electron chi connectivity index (χ1n) is 9.05. The van der Waals surface area contributed by atoms with Crippen LogP contribution < -0.4 is 10.2 Å². The molecule has 136 valence electrons. The van der Waals surface area contributed by atoms with Crippen molar-refractivity contribution < 1.29 is 14.3 Å². The van der Waals surface area contributed by atoms with Gasteiger partial charge in [0, 0.05) is 44.2 Å². The van der Waals surface area contributed by atoms with E-state index < -0.39 is 5.79 Å². The van der Waals surface area contributed by atoms with Gasteiger partial charge < -0.3 is 19.7 Å². The van der Waals surface area contributed by atoms with Gasteiger partial charge in [0.25, 0.3) is 5.91 Å². The SMILES string of the molecule is O=C(NCc1ccccc1)c1ccnc(N2CCC3(CC2)OCCO3)c1. The molecule has 2 aromatic rings. The van der Waals surface area contributed by atoms with Crippen molar-refractivity contribution in [3.8, 4) is 0 Å². The number of aromatic nitrogens is 1. The minimum Gasteiger partial charge on any atom is -0.356 e. The Morgan fingerprint density at radius 3 is 2.58 bits per heavy atom. The number of benzene rings is 1. The van der Waals surface area contributed by atoms with E-state index in [9.17, 15) is 4.79 Å². The summed E-state index contributed by atoms with van der Waals surface area (Å²) in [6.07, 6.45) is 3.33. The minimum absolute atomic E-state index is 0.0894. The monoisotopic (exact) mass is 353 g/mol. The largest absolute Gasteiger partial charge is 0.356 e. The first-order chi connectivity index (χ1) is 12.7. The van der Waals surface area contributed by atoms with E-state index in [4.69, 9.17) is 9.47 Å². The molecular formula is C20H23N3O3. The fraction of sp³-hybridized carbons (Fsp3) is 0.400. The average Bonchev–Trinajstić information content (AvgIpc) is 3.15. The molecule has 0 atom stereocenters. The number of anilines is 1. The Morgan fingerprint density at radius 2 is 1.85 bits per heavy atom. The van der Waals surface area contributed by atoms with Gasteiger partial charge in [-0.05, 0) is 17.7 Å². The van der Waals surface area contributed by atoms with Gasteiger partial charge in [0.05, 0.1) is 13.2 Å². The van der Waals surface area contributed by atoms with Gasteiger partial charge in [0.1, 0.15) is 5.82 Å². The molecule has 0 saturated carbocycles. The lowest BCUT2D eigenvalue weighted by Crippen LogP contribution is -2.45. The topological polar surface area (TPSA) is 63.7 Å². The number of pyridine rings is 1. The molecule has 1 spiro atoms. The van der Waals surface area contributed by atoms with Crippen molar-refractivity contribution >= 4 is 11.7 Å². The molecule has 0 bridgehead atoms. The van der Waals surface area contributed by atoms with Crippen molar-refractivity contribution in [3.63, 3.8) is 0 Å². The van der Waals surface area contributed by atoms with Crippen LogP contribution in [0.25, 0.3) is 0 Å². The zero-order chi connectivity index (χ0) is 17.8. The maximum atomic E-state index is 12.5. The smallest absolute Gasteiger partial charge is 0.251 e. The summed E-state index contributed by atoms with van der Waals surface area (Å²) >= 11 is 0. The number of carbonyl (C=O) groups excluding carboxylic acids is 1. The van der Waals surface area contributed by atoms with Crippen LogP contribution in [0.5, 0.6) is 0 Å². The molecule has 1 aromatic heterocycles. The normalized spacial score (nSPS) is 18.8. The minimum atomic E-state index is -0.402. The lowest BCUT2D eigenvalue weighted by molar-refractivity contribution is -0.169. The molecule has 1 aromatic carbocycles. The van der Waals surface area contributed by atoms with Crippen LogP contribution in [0.15, 0.2) is 48.7 Å². The predicted molar refractivity (Wildman–Crippen MR) is 97.9 cm³/mol. The van der Waals surface area contributed by atoms with Crippen molar-refractivity contribution in [3.05, 3.63) is 59.8 Å². The molecule has 0 radical (unpaired) electrons. The van der Waals surface area contributed by atoms with E-state index in [-0.39, 0.29) is 5.91 Å². The molecule has 1 amide bonds. The molecule has 0 aliphatic carbocycles. The average molecular weight is 353 g/mol. The van der Waals surface area contributed by atoms with Gasteiger partial charge >= 0.3 is 0 Å². The van der Waals surface area contributed by atoms with Crippen LogP contribution in [0.3, 0.4) is 0 Å². The van der Waals surface area contributed by atoms with Crippen LogP contribution in [0.2, 0.25) is 0 Å². The Morgan fingerprint density at radius 1 is 1.12 bits per heavy atom. The van der Waals surface area contributed by atoms with E-state index in [1.54, 1.807) is 12.3 Å². The molecule has 2 fully saturated rings. The number of hydrogen-bond acceptors (Lipinski definition) is 5. The highest BCUT2D eigenvalue weighted by molar-refractivity contribution is 5.94. The van der Waals surface area contributed by atoms with Crippen LogP contribution in [0.4, 0.5) is 5.82 Å². The summed E-state index contributed by atoms with van der Waals surface area (Å²) in [5.41, 5.74) is 1.70. The van der Waals surface area contributed by atoms with E-state index in [1.807, 2.05) is 36.4 Å². The van der Waals surface area contributed by atoms with E-state index in [0.717, 1.165) is 37.3 Å². The Labute approximate surface area is 153 Å². The van der Waals surface area contributed by atoms with Crippen molar-refractivity contribution in [1.82, 2.24) is 10.3 Å². The molecule has 0 unspecified atom stereocenters. The molecule has 2 saturated heterocycles. The summed E-state index contributed by atoms with van der Waals surface area (Å²) in [6.45, 7) is 3.48. The highest BCUT2D eigenvalue weighted by atomic mass is 16.7. The Kier molecular flexibility index (Phi) is 4.86. The predicted octanol–water partition coefficient (Wildman–Crippen LogP) is 2.35. The van der Waals surface area contributed by atoms with E-state index in [1.165, 1.54) is 0 Å². The second-order valence-electron chi connectivity index (χ2n) is 6.67. The van der Waals surface area contributed by atoms with Gasteiger partial charge in [-0.2, -0.15) is 0 Å². The third-order valence-corrected chi connectivity index (χ3v) is 4.97. The maximum Gasteiger partial charge on any atom is 0.251 e. The van der Waals surface area contributed by atoms with Crippen molar-refractivity contribution in [2.45, 2.75) is 25.2 Å². The lowest BCUT2D eigenvalue weighted by Gasteiger charge is -2.38. The molecule has 26 heavy (non-hydrogen) atoms. The zero-order valence-corrected chi connectivity index (χ0v) is 14.7. The number of amides is 1. The molecule has 2 aliphatic rings. The van der Waals surface area contributed by atoms with Gasteiger partial charge in [-0.1, -0.05) is 30.3 Å². The highest BCUT2D eigenvalue weighted by Crippen LogP contribution is 2.32. The fourth-order valence-electron chi connectivity index (χ4n) is 3.48. The number of carbonyl (C=O) groups is 1. The van der Waals surface area contributed by atoms with Gasteiger partial charge in [0.2, 0.25) is 0 Å². The quantitative estimate of drug-likeness (QED) is 0.914. The fourth-order valence-corrected chi connectivity index (χ4v) is 3.48. The first-order valence-corrected chi connectivity index (χ1v) is 9.05. The number of hydrogen-bond donors (Lipinski definition) is 1. The summed E-state index contributed by atoms with van der Waals surface area (Å²) in [5, 5.41) is 2.96. The van der Waals surface area contributed by atoms with Crippen LogP contribution >= 0.6 is 0 Å². The summed E-state index contributed by atoms with van der Waals surface area (Å²) in [7, 11) is 0. The van der Waals surface area contributed by atoms with Crippen molar-refractivity contribution in [2.24, 2.45) is 0 Å². The Bertz CT molecular complexity index is 750. The second-order valence-corrected chi connectivity index (χ2v) is 6.67. The van der Waals surface area contributed by atoms with Crippen LogP contribution in [0.1, 0.15) is 28.8 Å². The van der Waals surface area contributed by atoms with Crippen molar-refractivity contribution in [1.29, 1.82) is 0 Å². The van der Waals surface area contributed by atoms with Gasteiger partial charge in [-0.25, -0.2) is 4.98 Å². The second kappa shape index (κ2) is 7.43. The lowest BCUT2D eigenvalue weighted by atomic mass is 10.0. The summed E-state index contributed by atoms with van der Waals surface area (Å²) in [4.78, 5) is 19.1. The summed E-state index contributed by atoms with van der Waals surface area (Å²) in [5.74, 6) is 0.333. The molecular weight excluding hydrogens is 330 g/mol. The Balaban J connectivity index is 1.38. The zero-order valence-electron chi connectivity index (χ0n) is 14.7. The molecule has 4 rings (SSSR count). The van der Waals surface area contributed by atoms with Crippen LogP contribution in [0, 0.1) is 0 Å².